The van der Waals surface area contributed by atoms with Crippen molar-refractivity contribution < 1.29 is 0 Å². The molecular formula is C17H21N5. The Hall–Kier alpha value is -2.27. The summed E-state index contributed by atoms with van der Waals surface area (Å²) in [5.74, 6) is 0.979. The summed E-state index contributed by atoms with van der Waals surface area (Å²) in [5, 5.41) is 0. The molecule has 0 spiro atoms. The molecule has 0 aliphatic carbocycles. The molecule has 1 unspecified atom stereocenters. The number of aromatic nitrogens is 4. The van der Waals surface area contributed by atoms with Crippen LogP contribution in [-0.4, -0.2) is 31.9 Å². The molecule has 2 heterocycles. The highest BCUT2D eigenvalue weighted by Gasteiger charge is 2.15. The summed E-state index contributed by atoms with van der Waals surface area (Å²) in [6.07, 6.45) is 3.37. The van der Waals surface area contributed by atoms with Crippen molar-refractivity contribution in [1.29, 1.82) is 0 Å². The fourth-order valence-corrected chi connectivity index (χ4v) is 2.59. The van der Waals surface area contributed by atoms with Gasteiger partial charge in [0.15, 0.2) is 0 Å². The molecule has 114 valence electrons. The maximum atomic E-state index is 4.76. The van der Waals surface area contributed by atoms with Crippen LogP contribution in [0.3, 0.4) is 0 Å². The molecule has 0 radical (unpaired) electrons. The van der Waals surface area contributed by atoms with Crippen molar-refractivity contribution in [3.05, 3.63) is 53.4 Å². The molecule has 2 aromatic heterocycles. The summed E-state index contributed by atoms with van der Waals surface area (Å²) >= 11 is 0. The van der Waals surface area contributed by atoms with Gasteiger partial charge in [-0.15, -0.1) is 0 Å². The fraction of sp³-hybridized carbons (Fsp3) is 0.353. The van der Waals surface area contributed by atoms with E-state index in [1.54, 1.807) is 12.5 Å². The Balaban J connectivity index is 1.82. The lowest BCUT2D eigenvalue weighted by Crippen LogP contribution is -2.23. The monoisotopic (exact) mass is 295 g/mol. The minimum absolute atomic E-state index is 0.207. The van der Waals surface area contributed by atoms with Crippen LogP contribution in [0, 0.1) is 13.8 Å². The molecule has 0 saturated carbocycles. The molecule has 0 saturated heterocycles. The number of hydrogen-bond donors (Lipinski definition) is 1. The van der Waals surface area contributed by atoms with Crippen LogP contribution in [0.1, 0.15) is 35.6 Å². The molecule has 1 aromatic carbocycles. The highest BCUT2D eigenvalue weighted by Crippen LogP contribution is 2.22. The van der Waals surface area contributed by atoms with Gasteiger partial charge in [0, 0.05) is 12.2 Å². The Labute approximate surface area is 130 Å². The van der Waals surface area contributed by atoms with E-state index in [2.05, 4.69) is 59.8 Å². The third kappa shape index (κ3) is 2.72. The standard InChI is InChI=1S/C17H21N5/c1-11-5-6-15-17(12(11)2)21-16(20-15)9-22(4)13(3)14-7-8-18-10-19-14/h5-8,10,13H,9H2,1-4H3,(H,20,21). The lowest BCUT2D eigenvalue weighted by Gasteiger charge is -2.22. The van der Waals surface area contributed by atoms with Crippen molar-refractivity contribution in [2.24, 2.45) is 0 Å². The van der Waals surface area contributed by atoms with Gasteiger partial charge in [0.2, 0.25) is 0 Å². The molecule has 0 bridgehead atoms. The molecule has 0 amide bonds. The fourth-order valence-electron chi connectivity index (χ4n) is 2.59. The van der Waals surface area contributed by atoms with E-state index in [1.807, 2.05) is 6.07 Å². The predicted octanol–water partition coefficient (Wildman–Crippen LogP) is 3.16. The number of imidazole rings is 1. The third-order valence-electron chi connectivity index (χ3n) is 4.32. The van der Waals surface area contributed by atoms with Crippen LogP contribution in [0.15, 0.2) is 30.7 Å². The van der Waals surface area contributed by atoms with E-state index in [0.29, 0.717) is 0 Å². The zero-order chi connectivity index (χ0) is 15.7. The average molecular weight is 295 g/mol. The predicted molar refractivity (Wildman–Crippen MR) is 87.5 cm³/mol. The van der Waals surface area contributed by atoms with Crippen molar-refractivity contribution in [2.45, 2.75) is 33.4 Å². The van der Waals surface area contributed by atoms with Gasteiger partial charge >= 0.3 is 0 Å². The van der Waals surface area contributed by atoms with E-state index in [9.17, 15) is 0 Å². The molecule has 3 aromatic rings. The number of aryl methyl sites for hydroxylation is 2. The first-order valence-corrected chi connectivity index (χ1v) is 7.47. The van der Waals surface area contributed by atoms with E-state index >= 15 is 0 Å². The topological polar surface area (TPSA) is 57.7 Å². The number of H-pyrrole nitrogens is 1. The lowest BCUT2D eigenvalue weighted by molar-refractivity contribution is 0.243. The van der Waals surface area contributed by atoms with Crippen molar-refractivity contribution in [3.8, 4) is 0 Å². The maximum absolute atomic E-state index is 4.76. The Morgan fingerprint density at radius 3 is 2.77 bits per heavy atom. The Bertz CT molecular complexity index is 778. The van der Waals surface area contributed by atoms with Crippen LogP contribution in [-0.2, 0) is 6.54 Å². The first kappa shape index (κ1) is 14.7. The SMILES string of the molecule is Cc1ccc2[nH]c(CN(C)C(C)c3ccncn3)nc2c1C. The maximum Gasteiger partial charge on any atom is 0.121 e. The molecule has 0 fully saturated rings. The van der Waals surface area contributed by atoms with E-state index in [-0.39, 0.29) is 6.04 Å². The number of benzene rings is 1. The van der Waals surface area contributed by atoms with Crippen LogP contribution in [0.5, 0.6) is 0 Å². The Morgan fingerprint density at radius 1 is 1.23 bits per heavy atom. The minimum Gasteiger partial charge on any atom is -0.341 e. The van der Waals surface area contributed by atoms with Gasteiger partial charge in [0.1, 0.15) is 12.2 Å². The zero-order valence-corrected chi connectivity index (χ0v) is 13.5. The summed E-state index contributed by atoms with van der Waals surface area (Å²) in [7, 11) is 2.08. The van der Waals surface area contributed by atoms with Gasteiger partial charge in [-0.3, -0.25) is 4.90 Å². The molecule has 22 heavy (non-hydrogen) atoms. The molecule has 5 nitrogen and oxygen atoms in total. The van der Waals surface area contributed by atoms with Gasteiger partial charge in [-0.2, -0.15) is 0 Å². The summed E-state index contributed by atoms with van der Waals surface area (Å²) in [6, 6.07) is 6.39. The van der Waals surface area contributed by atoms with E-state index in [1.165, 1.54) is 11.1 Å². The molecule has 1 atom stereocenters. The van der Waals surface area contributed by atoms with Gasteiger partial charge in [0.25, 0.3) is 0 Å². The van der Waals surface area contributed by atoms with Crippen molar-refractivity contribution in [1.82, 2.24) is 24.8 Å². The number of nitrogens with one attached hydrogen (secondary N) is 1. The number of hydrogen-bond acceptors (Lipinski definition) is 4. The quantitative estimate of drug-likeness (QED) is 0.803. The molecular weight excluding hydrogens is 274 g/mol. The first-order chi connectivity index (χ1) is 10.6. The summed E-state index contributed by atoms with van der Waals surface area (Å²) < 4.78 is 0. The summed E-state index contributed by atoms with van der Waals surface area (Å²) in [6.45, 7) is 7.13. The minimum atomic E-state index is 0.207. The van der Waals surface area contributed by atoms with Crippen molar-refractivity contribution in [2.75, 3.05) is 7.05 Å². The highest BCUT2D eigenvalue weighted by molar-refractivity contribution is 5.79. The second-order valence-corrected chi connectivity index (χ2v) is 5.81. The van der Waals surface area contributed by atoms with Crippen LogP contribution in [0.4, 0.5) is 0 Å². The largest absolute Gasteiger partial charge is 0.341 e. The highest BCUT2D eigenvalue weighted by atomic mass is 15.2. The van der Waals surface area contributed by atoms with Crippen LogP contribution in [0.2, 0.25) is 0 Å². The van der Waals surface area contributed by atoms with Crippen LogP contribution < -0.4 is 0 Å². The van der Waals surface area contributed by atoms with Crippen molar-refractivity contribution >= 4 is 11.0 Å². The van der Waals surface area contributed by atoms with Gasteiger partial charge in [-0.05, 0) is 51.1 Å². The van der Waals surface area contributed by atoms with Crippen LogP contribution >= 0.6 is 0 Å². The second-order valence-electron chi connectivity index (χ2n) is 5.81. The number of aromatic amines is 1. The average Bonchev–Trinajstić information content (AvgIpc) is 2.94. The third-order valence-corrected chi connectivity index (χ3v) is 4.32. The van der Waals surface area contributed by atoms with Gasteiger partial charge in [-0.25, -0.2) is 15.0 Å². The smallest absolute Gasteiger partial charge is 0.121 e. The zero-order valence-electron chi connectivity index (χ0n) is 13.5. The second kappa shape index (κ2) is 5.85. The number of nitrogens with zero attached hydrogens (tertiary/aromatic N) is 4. The van der Waals surface area contributed by atoms with Gasteiger partial charge < -0.3 is 4.98 Å². The first-order valence-electron chi connectivity index (χ1n) is 7.47. The molecule has 3 rings (SSSR count). The van der Waals surface area contributed by atoms with Crippen molar-refractivity contribution in [3.63, 3.8) is 0 Å². The summed E-state index contributed by atoms with van der Waals surface area (Å²) in [4.78, 5) is 18.7. The Kier molecular flexibility index (Phi) is 3.90. The molecule has 1 N–H and O–H groups in total. The lowest BCUT2D eigenvalue weighted by atomic mass is 10.1. The van der Waals surface area contributed by atoms with E-state index in [0.717, 1.165) is 29.1 Å². The summed E-state index contributed by atoms with van der Waals surface area (Å²) in [5.41, 5.74) is 5.69. The van der Waals surface area contributed by atoms with Gasteiger partial charge in [0.05, 0.1) is 23.3 Å². The number of rotatable bonds is 4. The molecule has 5 heteroatoms. The number of fused-ring (bicyclic) bond motifs is 1. The molecule has 0 aliphatic rings. The normalized spacial score (nSPS) is 13.0. The van der Waals surface area contributed by atoms with E-state index in [4.69, 9.17) is 4.98 Å². The Morgan fingerprint density at radius 2 is 2.05 bits per heavy atom. The van der Waals surface area contributed by atoms with Crippen LogP contribution in [0.25, 0.3) is 11.0 Å². The van der Waals surface area contributed by atoms with E-state index < -0.39 is 0 Å². The molecule has 0 aliphatic heterocycles. The van der Waals surface area contributed by atoms with Gasteiger partial charge in [-0.1, -0.05) is 6.07 Å².